The maximum absolute atomic E-state index is 12.8. The summed E-state index contributed by atoms with van der Waals surface area (Å²) in [6, 6.07) is 16.8. The fraction of sp³-hybridized carbons (Fsp3) is 0.348. The van der Waals surface area contributed by atoms with Crippen molar-refractivity contribution in [1.82, 2.24) is 4.90 Å². The topological polar surface area (TPSA) is 63.7 Å². The van der Waals surface area contributed by atoms with Crippen LogP contribution in [0, 0.1) is 0 Å². The highest BCUT2D eigenvalue weighted by atomic mass is 16.6. The molecule has 2 aromatic rings. The third kappa shape index (κ3) is 4.85. The number of carbonyl (C=O) groups excluding carboxylic acids is 3. The van der Waals surface area contributed by atoms with Gasteiger partial charge in [0, 0.05) is 6.42 Å². The number of esters is 1. The van der Waals surface area contributed by atoms with Crippen molar-refractivity contribution in [1.29, 1.82) is 0 Å². The van der Waals surface area contributed by atoms with Gasteiger partial charge in [0.2, 0.25) is 11.8 Å². The van der Waals surface area contributed by atoms with E-state index in [0.29, 0.717) is 6.54 Å². The molecule has 1 saturated heterocycles. The molecular weight excluding hydrogens is 354 g/mol. The molecule has 5 nitrogen and oxygen atoms in total. The van der Waals surface area contributed by atoms with Gasteiger partial charge < -0.3 is 4.74 Å². The quantitative estimate of drug-likeness (QED) is 0.588. The Kier molecular flexibility index (Phi) is 5.63. The van der Waals surface area contributed by atoms with Gasteiger partial charge in [0.05, 0.1) is 18.9 Å². The summed E-state index contributed by atoms with van der Waals surface area (Å²) in [5, 5.41) is 0. The smallest absolute Gasteiger partial charge is 0.310 e. The zero-order valence-electron chi connectivity index (χ0n) is 16.5. The standard InChI is InChI=1S/C23H25NO4/c1-23(2,3)28-21(26)13-16-9-11-18(12-10-16)19-14-20(25)24(22(19)27)15-17-7-5-4-6-8-17/h4-12,19H,13-15H2,1-3H3. The van der Waals surface area contributed by atoms with E-state index in [4.69, 9.17) is 4.74 Å². The number of hydrogen-bond donors (Lipinski definition) is 0. The second-order valence-corrected chi connectivity index (χ2v) is 8.07. The summed E-state index contributed by atoms with van der Waals surface area (Å²) in [6.45, 7) is 5.79. The molecule has 1 fully saturated rings. The van der Waals surface area contributed by atoms with E-state index < -0.39 is 11.5 Å². The minimum atomic E-state index is -0.518. The van der Waals surface area contributed by atoms with Gasteiger partial charge in [-0.25, -0.2) is 0 Å². The predicted octanol–water partition coefficient (Wildman–Crippen LogP) is 3.61. The number of hydrogen-bond acceptors (Lipinski definition) is 4. The Bertz CT molecular complexity index is 866. The van der Waals surface area contributed by atoms with Crippen molar-refractivity contribution in [3.05, 3.63) is 71.3 Å². The Labute approximate surface area is 165 Å². The van der Waals surface area contributed by atoms with Crippen LogP contribution in [-0.4, -0.2) is 28.3 Å². The molecule has 0 aromatic heterocycles. The number of amides is 2. The Hall–Kier alpha value is -2.95. The molecule has 1 atom stereocenters. The number of benzene rings is 2. The Morgan fingerprint density at radius 2 is 1.64 bits per heavy atom. The lowest BCUT2D eigenvalue weighted by Crippen LogP contribution is -2.29. The van der Waals surface area contributed by atoms with Gasteiger partial charge in [-0.2, -0.15) is 0 Å². The molecule has 1 aliphatic rings. The SMILES string of the molecule is CC(C)(C)OC(=O)Cc1ccc(C2CC(=O)N(Cc3ccccc3)C2=O)cc1. The fourth-order valence-corrected chi connectivity index (χ4v) is 3.29. The first-order valence-corrected chi connectivity index (χ1v) is 9.42. The van der Waals surface area contributed by atoms with Crippen LogP contribution in [0.1, 0.15) is 49.8 Å². The Morgan fingerprint density at radius 3 is 2.25 bits per heavy atom. The molecule has 0 spiro atoms. The zero-order chi connectivity index (χ0) is 20.3. The summed E-state index contributed by atoms with van der Waals surface area (Å²) in [7, 11) is 0. The number of ether oxygens (including phenoxy) is 1. The molecule has 2 amide bonds. The van der Waals surface area contributed by atoms with Gasteiger partial charge >= 0.3 is 5.97 Å². The lowest BCUT2D eigenvalue weighted by Gasteiger charge is -2.19. The van der Waals surface area contributed by atoms with Gasteiger partial charge in [-0.1, -0.05) is 54.6 Å². The van der Waals surface area contributed by atoms with Gasteiger partial charge in [-0.05, 0) is 37.5 Å². The first-order chi connectivity index (χ1) is 13.2. The maximum Gasteiger partial charge on any atom is 0.310 e. The van der Waals surface area contributed by atoms with Crippen LogP contribution in [0.25, 0.3) is 0 Å². The third-order valence-corrected chi connectivity index (χ3v) is 4.58. The number of nitrogens with zero attached hydrogens (tertiary/aromatic N) is 1. The molecule has 2 aromatic carbocycles. The van der Waals surface area contributed by atoms with Crippen LogP contribution in [0.5, 0.6) is 0 Å². The molecule has 0 radical (unpaired) electrons. The second-order valence-electron chi connectivity index (χ2n) is 8.07. The summed E-state index contributed by atoms with van der Waals surface area (Å²) in [6.07, 6.45) is 0.353. The molecule has 5 heteroatoms. The van der Waals surface area contributed by atoms with Crippen molar-refractivity contribution in [2.24, 2.45) is 0 Å². The van der Waals surface area contributed by atoms with E-state index in [0.717, 1.165) is 16.7 Å². The Morgan fingerprint density at radius 1 is 1.00 bits per heavy atom. The maximum atomic E-state index is 12.8. The first-order valence-electron chi connectivity index (χ1n) is 9.42. The van der Waals surface area contributed by atoms with Gasteiger partial charge in [0.25, 0.3) is 0 Å². The molecule has 28 heavy (non-hydrogen) atoms. The third-order valence-electron chi connectivity index (χ3n) is 4.58. The van der Waals surface area contributed by atoms with Crippen molar-refractivity contribution in [3.63, 3.8) is 0 Å². The highest BCUT2D eigenvalue weighted by molar-refractivity contribution is 6.06. The zero-order valence-corrected chi connectivity index (χ0v) is 16.5. The van der Waals surface area contributed by atoms with E-state index >= 15 is 0 Å². The van der Waals surface area contributed by atoms with Crippen molar-refractivity contribution in [2.75, 3.05) is 0 Å². The molecule has 1 unspecified atom stereocenters. The largest absolute Gasteiger partial charge is 0.460 e. The minimum Gasteiger partial charge on any atom is -0.460 e. The monoisotopic (exact) mass is 379 g/mol. The molecule has 1 aliphatic heterocycles. The van der Waals surface area contributed by atoms with Gasteiger partial charge in [-0.3, -0.25) is 19.3 Å². The van der Waals surface area contributed by atoms with Crippen molar-refractivity contribution >= 4 is 17.8 Å². The summed E-state index contributed by atoms with van der Waals surface area (Å²) in [5.74, 6) is -1.08. The molecule has 0 aliphatic carbocycles. The van der Waals surface area contributed by atoms with Crippen LogP contribution in [0.4, 0.5) is 0 Å². The molecule has 0 N–H and O–H groups in total. The fourth-order valence-electron chi connectivity index (χ4n) is 3.29. The van der Waals surface area contributed by atoms with Gasteiger partial charge in [-0.15, -0.1) is 0 Å². The molecule has 0 bridgehead atoms. The molecule has 0 saturated carbocycles. The number of carbonyl (C=O) groups is 3. The first kappa shape index (κ1) is 19.8. The lowest BCUT2D eigenvalue weighted by molar-refractivity contribution is -0.154. The summed E-state index contributed by atoms with van der Waals surface area (Å²) in [4.78, 5) is 38.4. The average molecular weight is 379 g/mol. The predicted molar refractivity (Wildman–Crippen MR) is 105 cm³/mol. The molecule has 146 valence electrons. The van der Waals surface area contributed by atoms with Gasteiger partial charge in [0.1, 0.15) is 5.60 Å². The molecule has 1 heterocycles. The highest BCUT2D eigenvalue weighted by Gasteiger charge is 2.39. The number of likely N-dealkylation sites (tertiary alicyclic amines) is 1. The number of rotatable bonds is 5. The highest BCUT2D eigenvalue weighted by Crippen LogP contribution is 2.31. The normalized spacial score (nSPS) is 17.1. The minimum absolute atomic E-state index is 0.156. The summed E-state index contributed by atoms with van der Waals surface area (Å²) in [5.41, 5.74) is 2.02. The van der Waals surface area contributed by atoms with Crippen LogP contribution >= 0.6 is 0 Å². The van der Waals surface area contributed by atoms with E-state index in [1.165, 1.54) is 4.90 Å². The van der Waals surface area contributed by atoms with Crippen molar-refractivity contribution < 1.29 is 19.1 Å². The van der Waals surface area contributed by atoms with Crippen molar-refractivity contribution in [2.45, 2.75) is 51.7 Å². The Balaban J connectivity index is 1.66. The molecule has 3 rings (SSSR count). The average Bonchev–Trinajstić information content (AvgIpc) is 2.90. The second kappa shape index (κ2) is 7.97. The van der Waals surface area contributed by atoms with E-state index in [1.807, 2.05) is 75.4 Å². The van der Waals surface area contributed by atoms with Crippen LogP contribution in [0.15, 0.2) is 54.6 Å². The summed E-state index contributed by atoms with van der Waals surface area (Å²) < 4.78 is 5.33. The van der Waals surface area contributed by atoms with E-state index in [2.05, 4.69) is 0 Å². The van der Waals surface area contributed by atoms with E-state index in [1.54, 1.807) is 0 Å². The lowest BCUT2D eigenvalue weighted by atomic mass is 9.96. The van der Waals surface area contributed by atoms with Crippen LogP contribution < -0.4 is 0 Å². The molecular formula is C23H25NO4. The van der Waals surface area contributed by atoms with E-state index in [9.17, 15) is 14.4 Å². The van der Waals surface area contributed by atoms with E-state index in [-0.39, 0.29) is 30.6 Å². The van der Waals surface area contributed by atoms with Gasteiger partial charge in [0.15, 0.2) is 0 Å². The van der Waals surface area contributed by atoms with Crippen LogP contribution in [0.3, 0.4) is 0 Å². The number of imide groups is 1. The van der Waals surface area contributed by atoms with Crippen LogP contribution in [-0.2, 0) is 32.1 Å². The van der Waals surface area contributed by atoms with Crippen molar-refractivity contribution in [3.8, 4) is 0 Å². The summed E-state index contributed by atoms with van der Waals surface area (Å²) >= 11 is 0. The van der Waals surface area contributed by atoms with Crippen LogP contribution in [0.2, 0.25) is 0 Å².